The number of piperidine rings is 1. The first-order valence-electron chi connectivity index (χ1n) is 7.55. The summed E-state index contributed by atoms with van der Waals surface area (Å²) in [4.78, 5) is 17.5. The summed E-state index contributed by atoms with van der Waals surface area (Å²) in [6.07, 6.45) is 5.81. The minimum Gasteiger partial charge on any atom is -0.341 e. The van der Waals surface area contributed by atoms with Crippen molar-refractivity contribution in [3.63, 3.8) is 0 Å². The lowest BCUT2D eigenvalue weighted by Gasteiger charge is -2.29. The molecule has 1 aliphatic heterocycles. The van der Waals surface area contributed by atoms with E-state index in [0.717, 1.165) is 31.9 Å². The van der Waals surface area contributed by atoms with Gasteiger partial charge in [0.1, 0.15) is 0 Å². The number of halogens is 1. The Balaban J connectivity index is 2.23. The van der Waals surface area contributed by atoms with Crippen molar-refractivity contribution in [3.8, 4) is 0 Å². The average molecular weight is 298 g/mol. The first-order valence-corrected chi connectivity index (χ1v) is 7.92. The molecule has 0 bridgehead atoms. The molecule has 0 unspecified atom stereocenters. The molecule has 6 heteroatoms. The van der Waals surface area contributed by atoms with E-state index in [1.54, 1.807) is 0 Å². The molecule has 1 saturated heterocycles. The molecule has 0 aromatic carbocycles. The van der Waals surface area contributed by atoms with Crippen LogP contribution in [-0.2, 0) is 0 Å². The summed E-state index contributed by atoms with van der Waals surface area (Å²) in [5, 5.41) is 0.286. The van der Waals surface area contributed by atoms with E-state index in [2.05, 4.69) is 38.6 Å². The number of rotatable bonds is 5. The monoisotopic (exact) mass is 297 g/mol. The van der Waals surface area contributed by atoms with Gasteiger partial charge in [-0.25, -0.2) is 0 Å². The quantitative estimate of drug-likeness (QED) is 0.835. The summed E-state index contributed by atoms with van der Waals surface area (Å²) in [7, 11) is 2.03. The molecule has 0 amide bonds. The van der Waals surface area contributed by atoms with Gasteiger partial charge in [0.25, 0.3) is 0 Å². The van der Waals surface area contributed by atoms with Crippen LogP contribution in [0.3, 0.4) is 0 Å². The van der Waals surface area contributed by atoms with Gasteiger partial charge in [0.05, 0.1) is 0 Å². The predicted molar refractivity (Wildman–Crippen MR) is 83.7 cm³/mol. The highest BCUT2D eigenvalue weighted by atomic mass is 35.5. The molecular weight excluding hydrogens is 274 g/mol. The SMILES string of the molecule is CCC(CC)N(C)c1nc(Cl)nc(N2CCCCC2)n1. The first kappa shape index (κ1) is 15.3. The van der Waals surface area contributed by atoms with Crippen LogP contribution in [0.1, 0.15) is 46.0 Å². The highest BCUT2D eigenvalue weighted by molar-refractivity contribution is 6.28. The largest absolute Gasteiger partial charge is 0.341 e. The van der Waals surface area contributed by atoms with Gasteiger partial charge in [0.15, 0.2) is 0 Å². The zero-order valence-corrected chi connectivity index (χ0v) is 13.4. The van der Waals surface area contributed by atoms with Crippen LogP contribution in [0.25, 0.3) is 0 Å². The Hall–Kier alpha value is -1.10. The van der Waals surface area contributed by atoms with Crippen molar-refractivity contribution in [1.82, 2.24) is 15.0 Å². The van der Waals surface area contributed by atoms with E-state index in [1.165, 1.54) is 19.3 Å². The van der Waals surface area contributed by atoms with Crippen LogP contribution >= 0.6 is 11.6 Å². The molecule has 0 radical (unpaired) electrons. The van der Waals surface area contributed by atoms with Gasteiger partial charge in [0.2, 0.25) is 17.2 Å². The van der Waals surface area contributed by atoms with Crippen LogP contribution in [0, 0.1) is 0 Å². The minimum absolute atomic E-state index is 0.286. The number of anilines is 2. The fraction of sp³-hybridized carbons (Fsp3) is 0.786. The fourth-order valence-electron chi connectivity index (χ4n) is 2.72. The fourth-order valence-corrected chi connectivity index (χ4v) is 2.87. The highest BCUT2D eigenvalue weighted by Crippen LogP contribution is 2.21. The Kier molecular flexibility index (Phi) is 5.40. The van der Waals surface area contributed by atoms with E-state index in [9.17, 15) is 0 Å². The van der Waals surface area contributed by atoms with Gasteiger partial charge >= 0.3 is 0 Å². The Morgan fingerprint density at radius 2 is 1.75 bits per heavy atom. The lowest BCUT2D eigenvalue weighted by molar-refractivity contribution is 0.560. The summed E-state index contributed by atoms with van der Waals surface area (Å²) < 4.78 is 0. The van der Waals surface area contributed by atoms with Gasteiger partial charge in [-0.05, 0) is 43.7 Å². The van der Waals surface area contributed by atoms with Gasteiger partial charge in [-0.3, -0.25) is 0 Å². The second-order valence-electron chi connectivity index (χ2n) is 5.33. The Bertz CT molecular complexity index is 430. The van der Waals surface area contributed by atoms with E-state index in [-0.39, 0.29) is 5.28 Å². The van der Waals surface area contributed by atoms with Crippen LogP contribution in [-0.4, -0.2) is 41.1 Å². The molecule has 0 saturated carbocycles. The molecule has 0 N–H and O–H groups in total. The van der Waals surface area contributed by atoms with Crippen molar-refractivity contribution in [3.05, 3.63) is 5.28 Å². The second kappa shape index (κ2) is 7.07. The minimum atomic E-state index is 0.286. The topological polar surface area (TPSA) is 45.2 Å². The van der Waals surface area contributed by atoms with E-state index >= 15 is 0 Å². The van der Waals surface area contributed by atoms with Crippen molar-refractivity contribution in [1.29, 1.82) is 0 Å². The van der Waals surface area contributed by atoms with Gasteiger partial charge in [-0.15, -0.1) is 0 Å². The third-order valence-electron chi connectivity index (χ3n) is 4.03. The van der Waals surface area contributed by atoms with Crippen molar-refractivity contribution in [2.45, 2.75) is 52.0 Å². The summed E-state index contributed by atoms with van der Waals surface area (Å²) in [6, 6.07) is 0.433. The van der Waals surface area contributed by atoms with Gasteiger partial charge in [-0.2, -0.15) is 15.0 Å². The van der Waals surface area contributed by atoms with Crippen molar-refractivity contribution in [2.24, 2.45) is 0 Å². The Morgan fingerprint density at radius 1 is 1.10 bits per heavy atom. The van der Waals surface area contributed by atoms with E-state index < -0.39 is 0 Å². The molecule has 0 atom stereocenters. The maximum Gasteiger partial charge on any atom is 0.231 e. The molecule has 112 valence electrons. The number of hydrogen-bond donors (Lipinski definition) is 0. The molecule has 1 aromatic rings. The zero-order valence-electron chi connectivity index (χ0n) is 12.6. The molecule has 1 aromatic heterocycles. The average Bonchev–Trinajstić information content (AvgIpc) is 2.48. The lowest BCUT2D eigenvalue weighted by atomic mass is 10.1. The Labute approximate surface area is 126 Å². The van der Waals surface area contributed by atoms with Gasteiger partial charge in [-0.1, -0.05) is 13.8 Å². The number of hydrogen-bond acceptors (Lipinski definition) is 5. The van der Waals surface area contributed by atoms with E-state index in [4.69, 9.17) is 11.6 Å². The van der Waals surface area contributed by atoms with Gasteiger partial charge < -0.3 is 9.80 Å². The summed E-state index contributed by atoms with van der Waals surface area (Å²) in [6.45, 7) is 6.38. The lowest BCUT2D eigenvalue weighted by Crippen LogP contribution is -2.34. The predicted octanol–water partition coefficient (Wildman–Crippen LogP) is 3.14. The zero-order chi connectivity index (χ0) is 14.5. The molecule has 0 aliphatic carbocycles. The van der Waals surface area contributed by atoms with Crippen molar-refractivity contribution in [2.75, 3.05) is 29.9 Å². The molecule has 1 aliphatic rings. The highest BCUT2D eigenvalue weighted by Gasteiger charge is 2.19. The van der Waals surface area contributed by atoms with Crippen molar-refractivity contribution < 1.29 is 0 Å². The standard InChI is InChI=1S/C14H24ClN5/c1-4-11(5-2)19(3)13-16-12(15)17-14(18-13)20-9-7-6-8-10-20/h11H,4-10H2,1-3H3. The Morgan fingerprint density at radius 3 is 2.35 bits per heavy atom. The summed E-state index contributed by atoms with van der Waals surface area (Å²) >= 11 is 6.09. The van der Waals surface area contributed by atoms with Crippen LogP contribution in [0.5, 0.6) is 0 Å². The van der Waals surface area contributed by atoms with E-state index in [0.29, 0.717) is 12.0 Å². The summed E-state index contributed by atoms with van der Waals surface area (Å²) in [5.41, 5.74) is 0. The molecule has 5 nitrogen and oxygen atoms in total. The normalized spacial score (nSPS) is 15.8. The van der Waals surface area contributed by atoms with Crippen molar-refractivity contribution >= 4 is 23.5 Å². The number of aromatic nitrogens is 3. The van der Waals surface area contributed by atoms with Crippen LogP contribution < -0.4 is 9.80 Å². The van der Waals surface area contributed by atoms with Crippen LogP contribution in [0.2, 0.25) is 5.28 Å². The number of nitrogens with zero attached hydrogens (tertiary/aromatic N) is 5. The third-order valence-corrected chi connectivity index (χ3v) is 4.20. The van der Waals surface area contributed by atoms with Gasteiger partial charge in [0, 0.05) is 26.2 Å². The second-order valence-corrected chi connectivity index (χ2v) is 5.67. The smallest absolute Gasteiger partial charge is 0.231 e. The van der Waals surface area contributed by atoms with Crippen LogP contribution in [0.15, 0.2) is 0 Å². The molecule has 1 fully saturated rings. The third kappa shape index (κ3) is 3.51. The molecule has 2 rings (SSSR count). The molecule has 20 heavy (non-hydrogen) atoms. The first-order chi connectivity index (χ1) is 9.65. The molecule has 0 spiro atoms. The molecular formula is C14H24ClN5. The maximum atomic E-state index is 6.09. The van der Waals surface area contributed by atoms with E-state index in [1.807, 2.05) is 7.05 Å². The maximum absolute atomic E-state index is 6.09. The summed E-state index contributed by atoms with van der Waals surface area (Å²) in [5.74, 6) is 1.40. The van der Waals surface area contributed by atoms with Crippen LogP contribution in [0.4, 0.5) is 11.9 Å². The molecule has 2 heterocycles.